The van der Waals surface area contributed by atoms with Crippen LogP contribution in [0.1, 0.15) is 12.8 Å². The Morgan fingerprint density at radius 2 is 1.53 bits per heavy atom. The first-order chi connectivity index (χ1) is 25.1. The van der Waals surface area contributed by atoms with Gasteiger partial charge in [-0.1, -0.05) is 11.8 Å². The van der Waals surface area contributed by atoms with E-state index in [1.807, 2.05) is 11.0 Å². The zero-order valence-corrected chi connectivity index (χ0v) is 31.5. The molecule has 3 N–H and O–H groups in total. The first-order valence-corrected chi connectivity index (χ1v) is 19.9. The molecule has 3 aromatic heterocycles. The topological polar surface area (TPSA) is 255 Å². The minimum Gasteiger partial charge on any atom is -0.497 e. The third-order valence-corrected chi connectivity index (χ3v) is 13.3. The Kier molecular flexibility index (Phi) is 11.6. The smallest absolute Gasteiger partial charge is 0.323 e. The number of carboxylic acids is 2. The summed E-state index contributed by atoms with van der Waals surface area (Å²) < 4.78 is 39.1. The van der Waals surface area contributed by atoms with Gasteiger partial charge in [0.15, 0.2) is 5.57 Å². The summed E-state index contributed by atoms with van der Waals surface area (Å²) in [5, 5.41) is 38.7. The van der Waals surface area contributed by atoms with Crippen molar-refractivity contribution in [3.05, 3.63) is 88.0 Å². The highest BCUT2D eigenvalue weighted by Crippen LogP contribution is 2.47. The second-order valence-corrected chi connectivity index (χ2v) is 16.7. The van der Waals surface area contributed by atoms with Crippen LogP contribution in [-0.2, 0) is 39.8 Å². The monoisotopic (exact) mass is 818 g/mol. The molecule has 4 heterocycles. The number of ether oxygens (including phenoxy) is 1. The fourth-order valence-corrected chi connectivity index (χ4v) is 10.3. The van der Waals surface area contributed by atoms with Gasteiger partial charge in [0.05, 0.1) is 28.1 Å². The minimum atomic E-state index is -4.16. The van der Waals surface area contributed by atoms with Gasteiger partial charge in [0.25, 0.3) is 26.8 Å². The molecule has 53 heavy (non-hydrogen) atoms. The largest absolute Gasteiger partial charge is 0.497 e. The number of rotatable bonds is 11. The number of aromatic nitrogens is 3. The Balaban J connectivity index is 1.79. The van der Waals surface area contributed by atoms with Crippen LogP contribution in [0.3, 0.4) is 0 Å². The van der Waals surface area contributed by atoms with Gasteiger partial charge in [-0.3, -0.25) is 37.7 Å². The molecule has 276 valence electrons. The average Bonchev–Trinajstić information content (AvgIpc) is 3.79. The Morgan fingerprint density at radius 1 is 0.906 bits per heavy atom. The van der Waals surface area contributed by atoms with E-state index in [1.54, 1.807) is 30.3 Å². The molecular weight excluding hydrogens is 793 g/mol. The lowest BCUT2D eigenvalue weighted by Crippen LogP contribution is -2.30. The van der Waals surface area contributed by atoms with Gasteiger partial charge >= 0.3 is 11.9 Å². The summed E-state index contributed by atoms with van der Waals surface area (Å²) in [4.78, 5) is 67.3. The fraction of sp³-hybridized carbons (Fsp3) is 0.258. The van der Waals surface area contributed by atoms with Crippen LogP contribution in [0.2, 0.25) is 0 Å². The van der Waals surface area contributed by atoms with Gasteiger partial charge in [-0.2, -0.15) is 18.9 Å². The number of allylic oxidation sites excluding steroid dienone is 1. The number of carboxylic acid groups (broad SMARTS) is 2. The normalized spacial score (nSPS) is 14.9. The van der Waals surface area contributed by atoms with Crippen molar-refractivity contribution in [2.24, 2.45) is 7.05 Å². The molecule has 1 aliphatic heterocycles. The van der Waals surface area contributed by atoms with Crippen molar-refractivity contribution in [1.29, 1.82) is 10.5 Å². The quantitative estimate of drug-likeness (QED) is 0.139. The number of thioether (sulfide) groups is 1. The Hall–Kier alpha value is -5.23. The van der Waals surface area contributed by atoms with Gasteiger partial charge in [0.2, 0.25) is 0 Å². The number of aliphatic carboxylic acids is 2. The summed E-state index contributed by atoms with van der Waals surface area (Å²) >= 11 is 3.49. The maximum atomic E-state index is 13.8. The van der Waals surface area contributed by atoms with Crippen molar-refractivity contribution < 1.29 is 37.5 Å². The molecule has 0 radical (unpaired) electrons. The van der Waals surface area contributed by atoms with E-state index >= 15 is 0 Å². The number of nitrogens with zero attached hydrogens (tertiary/aromatic N) is 6. The van der Waals surface area contributed by atoms with Crippen molar-refractivity contribution in [2.75, 3.05) is 24.3 Å². The molecule has 5 rings (SSSR count). The Bertz CT molecular complexity index is 2910. The van der Waals surface area contributed by atoms with Gasteiger partial charge in [0, 0.05) is 24.6 Å². The average molecular weight is 819 g/mol. The lowest BCUT2D eigenvalue weighted by molar-refractivity contribution is -0.138. The maximum absolute atomic E-state index is 13.8. The van der Waals surface area contributed by atoms with Crippen LogP contribution in [0, 0.1) is 41.1 Å². The molecule has 0 amide bonds. The van der Waals surface area contributed by atoms with Crippen molar-refractivity contribution in [3.63, 3.8) is 0 Å². The van der Waals surface area contributed by atoms with Gasteiger partial charge in [0.1, 0.15) is 54.0 Å². The standard InChI is InChI=1S/C31H26N6O11S5/c1-34-27(43)24(51-29(34)16(12-32)13-33)31-37(15-23(40)41)28(44)25(52-31)30-36(14-22(38)39)26(42)20(50-30)7-8-21-35(9-3-4-10-53(45,46)47)18-11-17(48-2)5-6-19(18)49-21/h5-8,11H,3-4,9-10,14-15H2,1-2H3,(H,38,39)(H,40,41)(H,45,46,47)/b20-7-,21-8+,30-25+,31-24+. The number of unbranched alkanes of at least 4 members (excludes halogenated alkanes) is 1. The molecule has 0 bridgehead atoms. The van der Waals surface area contributed by atoms with Crippen LogP contribution in [0.5, 0.6) is 5.75 Å². The van der Waals surface area contributed by atoms with E-state index in [4.69, 9.17) is 9.29 Å². The number of methoxy groups -OCH3 is 1. The predicted octanol–water partition coefficient (Wildman–Crippen LogP) is 0.745. The first kappa shape index (κ1) is 39.0. The number of benzene rings is 1. The predicted molar refractivity (Wildman–Crippen MR) is 196 cm³/mol. The second-order valence-electron chi connectivity index (χ2n) is 11.0. The Morgan fingerprint density at radius 3 is 2.13 bits per heavy atom. The second kappa shape index (κ2) is 15.8. The molecule has 0 atom stereocenters. The van der Waals surface area contributed by atoms with Crippen LogP contribution in [0.15, 0.2) is 48.6 Å². The van der Waals surface area contributed by atoms with E-state index < -0.39 is 57.6 Å². The molecule has 0 fully saturated rings. The third-order valence-electron chi connectivity index (χ3n) is 7.55. The SMILES string of the molecule is COc1ccc2c(c1)N(CCCCS(=O)(=O)O)/C(=C\C=c1/s/c(=c3/s/c(=c4/sc(=C(C#N)C#N)n(C)c4=O)n(CC(=O)O)c3=O)n(CC(=O)O)c1=O)S2. The van der Waals surface area contributed by atoms with Crippen LogP contribution in [0.25, 0.3) is 11.6 Å². The first-order valence-electron chi connectivity index (χ1n) is 15.0. The minimum absolute atomic E-state index is 0.0185. The molecule has 1 aliphatic rings. The number of hydrogen-bond acceptors (Lipinski definition) is 15. The lowest BCUT2D eigenvalue weighted by Gasteiger charge is -2.20. The zero-order chi connectivity index (χ0) is 38.8. The number of carbonyl (C=O) groups is 2. The van der Waals surface area contributed by atoms with Gasteiger partial charge in [-0.25, -0.2) is 0 Å². The number of thiazole rings is 3. The number of nitriles is 2. The van der Waals surface area contributed by atoms with Crippen LogP contribution < -0.4 is 35.5 Å². The molecule has 22 heteroatoms. The number of hydrogen-bond donors (Lipinski definition) is 3. The van der Waals surface area contributed by atoms with Crippen LogP contribution in [-0.4, -0.2) is 68.2 Å². The zero-order valence-electron chi connectivity index (χ0n) is 27.5. The van der Waals surface area contributed by atoms with E-state index in [2.05, 4.69) is 0 Å². The highest BCUT2D eigenvalue weighted by Gasteiger charge is 2.25. The van der Waals surface area contributed by atoms with E-state index in [1.165, 1.54) is 32.0 Å². The van der Waals surface area contributed by atoms with Crippen molar-refractivity contribution >= 4 is 85.2 Å². The molecule has 17 nitrogen and oxygen atoms in total. The molecule has 0 saturated carbocycles. The lowest BCUT2D eigenvalue weighted by atomic mass is 10.2. The number of anilines is 1. The Labute approximate surface area is 313 Å². The summed E-state index contributed by atoms with van der Waals surface area (Å²) in [7, 11) is -1.35. The van der Waals surface area contributed by atoms with Crippen LogP contribution in [0.4, 0.5) is 5.69 Å². The van der Waals surface area contributed by atoms with Gasteiger partial charge < -0.3 is 24.4 Å². The van der Waals surface area contributed by atoms with Crippen LogP contribution >= 0.6 is 45.8 Å². The molecular formula is C31H26N6O11S5. The van der Waals surface area contributed by atoms with Crippen molar-refractivity contribution in [3.8, 4) is 17.9 Å². The number of fused-ring (bicyclic) bond motifs is 1. The molecule has 1 aromatic carbocycles. The fourth-order valence-electron chi connectivity index (χ4n) is 5.17. The summed E-state index contributed by atoms with van der Waals surface area (Å²) in [6, 6.07) is 8.76. The molecule has 0 spiro atoms. The summed E-state index contributed by atoms with van der Waals surface area (Å²) in [5.41, 5.74) is -2.02. The van der Waals surface area contributed by atoms with E-state index in [0.717, 1.165) is 35.6 Å². The molecule has 0 aliphatic carbocycles. The third kappa shape index (κ3) is 8.22. The summed E-state index contributed by atoms with van der Waals surface area (Å²) in [6.45, 7) is -1.42. The van der Waals surface area contributed by atoms with Crippen molar-refractivity contribution in [2.45, 2.75) is 30.8 Å². The molecule has 0 unspecified atom stereocenters. The summed E-state index contributed by atoms with van der Waals surface area (Å²) in [5.74, 6) is -2.70. The van der Waals surface area contributed by atoms with Gasteiger partial charge in [-0.15, -0.1) is 34.0 Å². The van der Waals surface area contributed by atoms with Gasteiger partial charge in [-0.05, 0) is 37.1 Å². The highest BCUT2D eigenvalue weighted by atomic mass is 32.2. The highest BCUT2D eigenvalue weighted by molar-refractivity contribution is 8.03. The van der Waals surface area contributed by atoms with Crippen molar-refractivity contribution in [1.82, 2.24) is 13.7 Å². The molecule has 4 aromatic rings. The van der Waals surface area contributed by atoms with E-state index in [-0.39, 0.29) is 39.6 Å². The maximum Gasteiger partial charge on any atom is 0.323 e. The van der Waals surface area contributed by atoms with E-state index in [0.29, 0.717) is 46.4 Å². The van der Waals surface area contributed by atoms with E-state index in [9.17, 15) is 53.1 Å². The summed E-state index contributed by atoms with van der Waals surface area (Å²) in [6.07, 6.45) is 3.59. The molecule has 0 saturated heterocycles.